The molecule has 13 heavy (non-hydrogen) atoms. The summed E-state index contributed by atoms with van der Waals surface area (Å²) in [5.41, 5.74) is 2.53. The molecule has 0 amide bonds. The van der Waals surface area contributed by atoms with Crippen molar-refractivity contribution in [2.24, 2.45) is 0 Å². The Bertz CT molecular complexity index is 277. The number of carbonyl (C=O) groups is 1. The van der Waals surface area contributed by atoms with Gasteiger partial charge in [0, 0.05) is 12.8 Å². The molecule has 2 heteroatoms. The number of benzene rings is 1. The average Bonchev–Trinajstić information content (AvgIpc) is 2.16. The lowest BCUT2D eigenvalue weighted by Gasteiger charge is -2.00. The topological polar surface area (TPSA) is 17.1 Å². The summed E-state index contributed by atoms with van der Waals surface area (Å²) in [4.78, 5) is 11.1. The average molecular weight is 174 g/mol. The van der Waals surface area contributed by atoms with E-state index in [0.717, 1.165) is 6.42 Å². The molecule has 1 nitrogen and oxygen atoms in total. The van der Waals surface area contributed by atoms with Crippen LogP contribution in [0.15, 0.2) is 24.3 Å². The summed E-state index contributed by atoms with van der Waals surface area (Å²) in [7, 11) is 2.07. The molecule has 0 aliphatic heterocycles. The van der Waals surface area contributed by atoms with Crippen LogP contribution in [0.25, 0.3) is 0 Å². The Morgan fingerprint density at radius 3 is 2.46 bits per heavy atom. The van der Waals surface area contributed by atoms with Gasteiger partial charge in [0.1, 0.15) is 13.6 Å². The van der Waals surface area contributed by atoms with Gasteiger partial charge in [-0.2, -0.15) is 0 Å². The maximum Gasteiger partial charge on any atom is 0.139 e. The second-order valence-corrected chi connectivity index (χ2v) is 3.38. The predicted octanol–water partition coefficient (Wildman–Crippen LogP) is 0.857. The van der Waals surface area contributed by atoms with Gasteiger partial charge in [0.15, 0.2) is 0 Å². The van der Waals surface area contributed by atoms with Crippen molar-refractivity contribution in [3.8, 4) is 0 Å². The van der Waals surface area contributed by atoms with E-state index < -0.39 is 0 Å². The highest BCUT2D eigenvalue weighted by atomic mass is 16.1. The van der Waals surface area contributed by atoms with Crippen molar-refractivity contribution in [2.75, 3.05) is 0 Å². The first-order chi connectivity index (χ1) is 6.22. The van der Waals surface area contributed by atoms with Crippen LogP contribution < -0.4 is 5.46 Å². The molecular formula is C11H15BO. The SMILES string of the molecule is Bc1ccc(CCC(=O)CC)cc1. The minimum absolute atomic E-state index is 0.348. The lowest BCUT2D eigenvalue weighted by molar-refractivity contribution is -0.118. The molecule has 68 valence electrons. The molecule has 0 aliphatic rings. The monoisotopic (exact) mass is 174 g/mol. The molecule has 0 saturated carbocycles. The minimum Gasteiger partial charge on any atom is -0.300 e. The first-order valence-corrected chi connectivity index (χ1v) is 4.79. The Kier molecular flexibility index (Phi) is 3.75. The first-order valence-electron chi connectivity index (χ1n) is 4.79. The molecule has 0 fully saturated rings. The van der Waals surface area contributed by atoms with E-state index in [9.17, 15) is 4.79 Å². The molecule has 0 N–H and O–H groups in total. The van der Waals surface area contributed by atoms with Crippen molar-refractivity contribution < 1.29 is 4.79 Å². The lowest BCUT2D eigenvalue weighted by atomic mass is 9.94. The van der Waals surface area contributed by atoms with Gasteiger partial charge < -0.3 is 0 Å². The number of ketones is 1. The maximum absolute atomic E-state index is 11.1. The van der Waals surface area contributed by atoms with Crippen LogP contribution in [0.2, 0.25) is 0 Å². The number of aryl methyl sites for hydroxylation is 1. The van der Waals surface area contributed by atoms with E-state index in [2.05, 4.69) is 32.1 Å². The standard InChI is InChI=1S/C11H15BO/c1-2-11(13)8-5-9-3-6-10(12)7-4-9/h3-4,6-7H,2,5,8,12H2,1H3. The highest BCUT2D eigenvalue weighted by Gasteiger charge is 1.98. The highest BCUT2D eigenvalue weighted by Crippen LogP contribution is 2.02. The van der Waals surface area contributed by atoms with Gasteiger partial charge in [0.05, 0.1) is 0 Å². The first kappa shape index (κ1) is 10.0. The van der Waals surface area contributed by atoms with E-state index in [-0.39, 0.29) is 0 Å². The van der Waals surface area contributed by atoms with Crippen molar-refractivity contribution in [1.82, 2.24) is 0 Å². The van der Waals surface area contributed by atoms with E-state index in [1.807, 2.05) is 6.92 Å². The van der Waals surface area contributed by atoms with Crippen LogP contribution in [-0.2, 0) is 11.2 Å². The summed E-state index contributed by atoms with van der Waals surface area (Å²) in [5.74, 6) is 0.348. The summed E-state index contributed by atoms with van der Waals surface area (Å²) in [6.07, 6.45) is 2.22. The van der Waals surface area contributed by atoms with Crippen LogP contribution in [0.4, 0.5) is 0 Å². The number of Topliss-reactive ketones (excluding diaryl/α,β-unsaturated/α-hetero) is 1. The van der Waals surface area contributed by atoms with Gasteiger partial charge >= 0.3 is 0 Å². The third-order valence-corrected chi connectivity index (χ3v) is 2.21. The molecule has 0 aromatic heterocycles. The van der Waals surface area contributed by atoms with Crippen LogP contribution in [0, 0.1) is 0 Å². The van der Waals surface area contributed by atoms with E-state index in [1.54, 1.807) is 0 Å². The van der Waals surface area contributed by atoms with Crippen LogP contribution in [-0.4, -0.2) is 13.6 Å². The zero-order valence-electron chi connectivity index (χ0n) is 8.34. The number of rotatable bonds is 4. The summed E-state index contributed by atoms with van der Waals surface area (Å²) >= 11 is 0. The Balaban J connectivity index is 2.46. The Morgan fingerprint density at radius 2 is 1.92 bits per heavy atom. The zero-order chi connectivity index (χ0) is 9.68. The molecule has 0 unspecified atom stereocenters. The van der Waals surface area contributed by atoms with Gasteiger partial charge in [-0.3, -0.25) is 4.79 Å². The van der Waals surface area contributed by atoms with Gasteiger partial charge in [-0.05, 0) is 12.0 Å². The highest BCUT2D eigenvalue weighted by molar-refractivity contribution is 6.32. The lowest BCUT2D eigenvalue weighted by Crippen LogP contribution is -2.02. The third kappa shape index (κ3) is 3.45. The molecule has 0 spiro atoms. The third-order valence-electron chi connectivity index (χ3n) is 2.21. The zero-order valence-corrected chi connectivity index (χ0v) is 8.34. The maximum atomic E-state index is 11.1. The number of carbonyl (C=O) groups excluding carboxylic acids is 1. The van der Waals surface area contributed by atoms with Crippen LogP contribution >= 0.6 is 0 Å². The fourth-order valence-electron chi connectivity index (χ4n) is 1.22. The molecular weight excluding hydrogens is 159 g/mol. The van der Waals surface area contributed by atoms with Crippen molar-refractivity contribution in [1.29, 1.82) is 0 Å². The second kappa shape index (κ2) is 4.85. The minimum atomic E-state index is 0.348. The quantitative estimate of drug-likeness (QED) is 0.618. The molecule has 0 radical (unpaired) electrons. The van der Waals surface area contributed by atoms with Gasteiger partial charge in [-0.1, -0.05) is 36.7 Å². The number of hydrogen-bond acceptors (Lipinski definition) is 1. The number of hydrogen-bond donors (Lipinski definition) is 0. The molecule has 1 aromatic carbocycles. The largest absolute Gasteiger partial charge is 0.300 e. The van der Waals surface area contributed by atoms with Crippen molar-refractivity contribution in [2.45, 2.75) is 26.2 Å². The fourth-order valence-corrected chi connectivity index (χ4v) is 1.22. The van der Waals surface area contributed by atoms with Gasteiger partial charge in [-0.25, -0.2) is 0 Å². The van der Waals surface area contributed by atoms with E-state index in [1.165, 1.54) is 11.0 Å². The van der Waals surface area contributed by atoms with E-state index >= 15 is 0 Å². The molecule has 1 aromatic rings. The molecule has 0 aliphatic carbocycles. The smallest absolute Gasteiger partial charge is 0.139 e. The van der Waals surface area contributed by atoms with Crippen molar-refractivity contribution in [3.63, 3.8) is 0 Å². The van der Waals surface area contributed by atoms with Gasteiger partial charge in [-0.15, -0.1) is 0 Å². The molecule has 0 heterocycles. The normalized spacial score (nSPS) is 9.92. The van der Waals surface area contributed by atoms with E-state index in [4.69, 9.17) is 0 Å². The Labute approximate surface area is 80.6 Å². The van der Waals surface area contributed by atoms with Crippen LogP contribution in [0.3, 0.4) is 0 Å². The summed E-state index contributed by atoms with van der Waals surface area (Å²) in [6, 6.07) is 8.37. The summed E-state index contributed by atoms with van der Waals surface area (Å²) in [6.45, 7) is 1.91. The van der Waals surface area contributed by atoms with Gasteiger partial charge in [0.25, 0.3) is 0 Å². The molecule has 1 rings (SSSR count). The van der Waals surface area contributed by atoms with Crippen molar-refractivity contribution in [3.05, 3.63) is 29.8 Å². The van der Waals surface area contributed by atoms with Gasteiger partial charge in [0.2, 0.25) is 0 Å². The molecule has 0 saturated heterocycles. The Hall–Kier alpha value is -1.05. The molecule has 0 atom stereocenters. The summed E-state index contributed by atoms with van der Waals surface area (Å²) < 4.78 is 0. The van der Waals surface area contributed by atoms with Crippen molar-refractivity contribution >= 4 is 19.1 Å². The molecule has 0 bridgehead atoms. The second-order valence-electron chi connectivity index (χ2n) is 3.38. The van der Waals surface area contributed by atoms with E-state index in [0.29, 0.717) is 18.6 Å². The van der Waals surface area contributed by atoms with Crippen LogP contribution in [0.1, 0.15) is 25.3 Å². The predicted molar refractivity (Wildman–Crippen MR) is 58.2 cm³/mol. The Morgan fingerprint density at radius 1 is 1.31 bits per heavy atom. The van der Waals surface area contributed by atoms with Crippen LogP contribution in [0.5, 0.6) is 0 Å². The fraction of sp³-hybridized carbons (Fsp3) is 0.364. The summed E-state index contributed by atoms with van der Waals surface area (Å²) in [5, 5.41) is 0.